The van der Waals surface area contributed by atoms with E-state index in [1.807, 2.05) is 0 Å². The lowest BCUT2D eigenvalue weighted by Gasteiger charge is -2.12. The van der Waals surface area contributed by atoms with Gasteiger partial charge in [0.2, 0.25) is 10.0 Å². The molecule has 0 aliphatic rings. The second-order valence-electron chi connectivity index (χ2n) is 6.14. The van der Waals surface area contributed by atoms with Gasteiger partial charge >= 0.3 is 5.97 Å². The quantitative estimate of drug-likeness (QED) is 0.211. The zero-order valence-electron chi connectivity index (χ0n) is 17.2. The number of rotatable bonds is 11. The number of benzene rings is 2. The van der Waals surface area contributed by atoms with Gasteiger partial charge in [0.25, 0.3) is 11.6 Å². The first kappa shape index (κ1) is 24.6. The number of nitrogens with one attached hydrogen (secondary N) is 2. The summed E-state index contributed by atoms with van der Waals surface area (Å²) in [5, 5.41) is 13.3. The van der Waals surface area contributed by atoms with E-state index in [1.54, 1.807) is 0 Å². The van der Waals surface area contributed by atoms with Gasteiger partial charge < -0.3 is 19.5 Å². The minimum atomic E-state index is -3.99. The van der Waals surface area contributed by atoms with Gasteiger partial charge in [-0.05, 0) is 24.3 Å². The van der Waals surface area contributed by atoms with Crippen molar-refractivity contribution < 1.29 is 37.1 Å². The molecule has 0 spiro atoms. The van der Waals surface area contributed by atoms with Crippen molar-refractivity contribution in [2.45, 2.75) is 4.90 Å². The largest absolute Gasteiger partial charge is 0.493 e. The number of non-ortho nitro benzene ring substituents is 1. The van der Waals surface area contributed by atoms with Gasteiger partial charge in [-0.3, -0.25) is 14.9 Å². The van der Waals surface area contributed by atoms with Gasteiger partial charge in [0.15, 0.2) is 18.1 Å². The molecule has 2 aromatic carbocycles. The first-order valence-electron chi connectivity index (χ1n) is 9.08. The van der Waals surface area contributed by atoms with Crippen LogP contribution in [-0.2, 0) is 19.6 Å². The van der Waals surface area contributed by atoms with Crippen LogP contribution < -0.4 is 19.5 Å². The summed E-state index contributed by atoms with van der Waals surface area (Å²) in [5.41, 5.74) is -0.136. The highest BCUT2D eigenvalue weighted by Gasteiger charge is 2.17. The Kier molecular flexibility index (Phi) is 8.49. The Morgan fingerprint density at radius 2 is 1.81 bits per heavy atom. The highest BCUT2D eigenvalue weighted by Crippen LogP contribution is 2.28. The summed E-state index contributed by atoms with van der Waals surface area (Å²) >= 11 is 0. The summed E-state index contributed by atoms with van der Waals surface area (Å²) in [7, 11) is -1.40. The summed E-state index contributed by atoms with van der Waals surface area (Å²) in [6, 6.07) is 8.90. The number of carbonyl (C=O) groups excluding carboxylic acids is 2. The summed E-state index contributed by atoms with van der Waals surface area (Å²) in [5.74, 6) is -0.633. The van der Waals surface area contributed by atoms with Crippen LogP contribution >= 0.6 is 0 Å². The SMILES string of the molecule is COC(=O)COc1ccc(C(=O)NCCNS(=O)(=O)c2cccc([N+](=O)[O-])c2)cc1OC. The zero-order chi connectivity index (χ0) is 23.7. The van der Waals surface area contributed by atoms with E-state index in [-0.39, 0.29) is 47.3 Å². The van der Waals surface area contributed by atoms with Gasteiger partial charge in [-0.2, -0.15) is 0 Å². The van der Waals surface area contributed by atoms with Crippen molar-refractivity contribution in [3.63, 3.8) is 0 Å². The molecule has 2 N–H and O–H groups in total. The maximum Gasteiger partial charge on any atom is 0.343 e. The number of nitrogens with zero attached hydrogens (tertiary/aromatic N) is 1. The predicted octanol–water partition coefficient (Wildman–Crippen LogP) is 0.863. The van der Waals surface area contributed by atoms with Crippen LogP contribution in [0.4, 0.5) is 5.69 Å². The summed E-state index contributed by atoms with van der Waals surface area (Å²) in [6.07, 6.45) is 0. The van der Waals surface area contributed by atoms with E-state index in [0.29, 0.717) is 0 Å². The Morgan fingerprint density at radius 1 is 1.06 bits per heavy atom. The normalized spacial score (nSPS) is 10.8. The number of amides is 1. The van der Waals surface area contributed by atoms with Crippen LogP contribution in [0.25, 0.3) is 0 Å². The predicted molar refractivity (Wildman–Crippen MR) is 111 cm³/mol. The number of nitro groups is 1. The summed E-state index contributed by atoms with van der Waals surface area (Å²) in [4.78, 5) is 33.3. The van der Waals surface area contributed by atoms with Crippen molar-refractivity contribution in [3.05, 3.63) is 58.1 Å². The van der Waals surface area contributed by atoms with E-state index in [4.69, 9.17) is 9.47 Å². The molecule has 0 unspecified atom stereocenters. The van der Waals surface area contributed by atoms with Crippen LogP contribution in [-0.4, -0.2) is 59.1 Å². The molecule has 0 radical (unpaired) electrons. The zero-order valence-corrected chi connectivity index (χ0v) is 18.0. The van der Waals surface area contributed by atoms with Gasteiger partial charge in [0.05, 0.1) is 24.0 Å². The first-order valence-corrected chi connectivity index (χ1v) is 10.6. The molecule has 0 aliphatic carbocycles. The van der Waals surface area contributed by atoms with Crippen LogP contribution in [0.1, 0.15) is 10.4 Å². The fourth-order valence-corrected chi connectivity index (χ4v) is 3.51. The molecule has 2 aromatic rings. The maximum atomic E-state index is 12.3. The third-order valence-corrected chi connectivity index (χ3v) is 5.50. The minimum Gasteiger partial charge on any atom is -0.493 e. The van der Waals surface area contributed by atoms with Gasteiger partial charge in [0.1, 0.15) is 0 Å². The third-order valence-electron chi connectivity index (χ3n) is 4.04. The van der Waals surface area contributed by atoms with Gasteiger partial charge in [-0.15, -0.1) is 0 Å². The van der Waals surface area contributed by atoms with E-state index in [1.165, 1.54) is 50.6 Å². The van der Waals surface area contributed by atoms with E-state index >= 15 is 0 Å². The molecule has 12 nitrogen and oxygen atoms in total. The molecule has 32 heavy (non-hydrogen) atoms. The van der Waals surface area contributed by atoms with Crippen molar-refractivity contribution >= 4 is 27.6 Å². The highest BCUT2D eigenvalue weighted by molar-refractivity contribution is 7.89. The Labute approximate surface area is 183 Å². The lowest BCUT2D eigenvalue weighted by atomic mass is 10.2. The molecule has 0 saturated heterocycles. The lowest BCUT2D eigenvalue weighted by molar-refractivity contribution is -0.385. The number of hydrogen-bond donors (Lipinski definition) is 2. The second kappa shape index (κ2) is 11.1. The highest BCUT2D eigenvalue weighted by atomic mass is 32.2. The Morgan fingerprint density at radius 3 is 2.47 bits per heavy atom. The molecule has 0 aliphatic heterocycles. The Hall–Kier alpha value is -3.71. The van der Waals surface area contributed by atoms with Crippen molar-refractivity contribution in [2.24, 2.45) is 0 Å². The molecule has 0 bridgehead atoms. The number of sulfonamides is 1. The average molecular weight is 467 g/mol. The number of hydrogen-bond acceptors (Lipinski definition) is 9. The van der Waals surface area contributed by atoms with Gasteiger partial charge in [0, 0.05) is 30.8 Å². The van der Waals surface area contributed by atoms with Crippen LogP contribution in [0.5, 0.6) is 11.5 Å². The molecule has 0 saturated carbocycles. The van der Waals surface area contributed by atoms with Crippen LogP contribution in [0, 0.1) is 10.1 Å². The maximum absolute atomic E-state index is 12.3. The molecule has 0 atom stereocenters. The van der Waals surface area contributed by atoms with E-state index < -0.39 is 26.8 Å². The number of carbonyl (C=O) groups is 2. The molecular formula is C19H21N3O9S. The third kappa shape index (κ3) is 6.65. The van der Waals surface area contributed by atoms with Crippen molar-refractivity contribution in [2.75, 3.05) is 33.9 Å². The summed E-state index contributed by atoms with van der Waals surface area (Å²) < 4.78 is 41.7. The van der Waals surface area contributed by atoms with Crippen LogP contribution in [0.15, 0.2) is 47.4 Å². The van der Waals surface area contributed by atoms with Crippen molar-refractivity contribution in [1.82, 2.24) is 10.0 Å². The summed E-state index contributed by atoms with van der Waals surface area (Å²) in [6.45, 7) is -0.521. The molecule has 1 amide bonds. The van der Waals surface area contributed by atoms with Crippen molar-refractivity contribution in [3.8, 4) is 11.5 Å². The lowest BCUT2D eigenvalue weighted by Crippen LogP contribution is -2.34. The molecule has 172 valence electrons. The van der Waals surface area contributed by atoms with Crippen LogP contribution in [0.3, 0.4) is 0 Å². The first-order chi connectivity index (χ1) is 15.2. The fourth-order valence-electron chi connectivity index (χ4n) is 2.43. The number of esters is 1. The van der Waals surface area contributed by atoms with Gasteiger partial charge in [-0.1, -0.05) is 6.07 Å². The standard InChI is InChI=1S/C19H21N3O9S/c1-29-17-10-13(6-7-16(17)31-12-18(23)30-2)19(24)20-8-9-21-32(27,28)15-5-3-4-14(11-15)22(25)26/h3-7,10-11,21H,8-9,12H2,1-2H3,(H,20,24). The molecule has 0 heterocycles. The van der Waals surface area contributed by atoms with E-state index in [9.17, 15) is 28.1 Å². The van der Waals surface area contributed by atoms with Crippen LogP contribution in [0.2, 0.25) is 0 Å². The van der Waals surface area contributed by atoms with Crippen molar-refractivity contribution in [1.29, 1.82) is 0 Å². The Balaban J connectivity index is 1.93. The number of ether oxygens (including phenoxy) is 3. The monoisotopic (exact) mass is 467 g/mol. The van der Waals surface area contributed by atoms with E-state index in [0.717, 1.165) is 6.07 Å². The van der Waals surface area contributed by atoms with Gasteiger partial charge in [-0.25, -0.2) is 17.9 Å². The van der Waals surface area contributed by atoms with E-state index in [2.05, 4.69) is 14.8 Å². The average Bonchev–Trinajstić information content (AvgIpc) is 2.79. The molecule has 0 aromatic heterocycles. The molecule has 13 heteroatoms. The topological polar surface area (TPSA) is 163 Å². The Bertz CT molecular complexity index is 1100. The number of methoxy groups -OCH3 is 2. The smallest absolute Gasteiger partial charge is 0.343 e. The minimum absolute atomic E-state index is 0.0457. The molecular weight excluding hydrogens is 446 g/mol. The number of nitro benzene ring substituents is 1. The molecule has 2 rings (SSSR count). The molecule has 0 fully saturated rings. The second-order valence-corrected chi connectivity index (χ2v) is 7.91. The fraction of sp³-hybridized carbons (Fsp3) is 0.263.